The third-order valence-corrected chi connectivity index (χ3v) is 5.47. The first-order valence-corrected chi connectivity index (χ1v) is 10.6. The number of nitrogens with one attached hydrogen (secondary N) is 2. The fraction of sp³-hybridized carbons (Fsp3) is 0.545. The molecule has 1 aliphatic rings. The molecule has 29 heavy (non-hydrogen) atoms. The van der Waals surface area contributed by atoms with E-state index in [2.05, 4.69) is 61.8 Å². The van der Waals surface area contributed by atoms with Gasteiger partial charge in [-0.05, 0) is 43.6 Å². The van der Waals surface area contributed by atoms with E-state index in [1.807, 2.05) is 30.2 Å². The Morgan fingerprint density at radius 3 is 2.55 bits per heavy atom. The van der Waals surface area contributed by atoms with Gasteiger partial charge in [-0.25, -0.2) is 0 Å². The Balaban J connectivity index is 1.36. The Kier molecular flexibility index (Phi) is 8.52. The van der Waals surface area contributed by atoms with Gasteiger partial charge in [-0.15, -0.1) is 0 Å². The monoisotopic (exact) mass is 397 g/mol. The summed E-state index contributed by atoms with van der Waals surface area (Å²) in [5.41, 5.74) is 2.53. The van der Waals surface area contributed by atoms with E-state index in [-0.39, 0.29) is 0 Å². The molecule has 1 fully saturated rings. The fourth-order valence-corrected chi connectivity index (χ4v) is 3.59. The largest absolute Gasteiger partial charge is 0.356 e. The van der Waals surface area contributed by atoms with Crippen molar-refractivity contribution in [3.63, 3.8) is 0 Å². The smallest absolute Gasteiger partial charge is 0.191 e. The van der Waals surface area contributed by atoms with Gasteiger partial charge in [-0.2, -0.15) is 5.10 Å². The van der Waals surface area contributed by atoms with Gasteiger partial charge in [-0.1, -0.05) is 24.3 Å². The van der Waals surface area contributed by atoms with Gasteiger partial charge in [0.1, 0.15) is 0 Å². The lowest BCUT2D eigenvalue weighted by atomic mass is 10.1. The Hall–Kier alpha value is -2.38. The Morgan fingerprint density at radius 1 is 1.03 bits per heavy atom. The second-order valence-corrected chi connectivity index (χ2v) is 7.68. The zero-order chi connectivity index (χ0) is 20.3. The average Bonchev–Trinajstić information content (AvgIpc) is 3.25. The zero-order valence-electron chi connectivity index (χ0n) is 17.8. The summed E-state index contributed by atoms with van der Waals surface area (Å²) in [5, 5.41) is 11.2. The highest BCUT2D eigenvalue weighted by molar-refractivity contribution is 5.79. The van der Waals surface area contributed by atoms with Crippen molar-refractivity contribution in [2.75, 3.05) is 53.4 Å². The van der Waals surface area contributed by atoms with Crippen molar-refractivity contribution in [1.82, 2.24) is 30.2 Å². The standard InChI is InChI=1S/C22H35N7/c1-23-22(24-10-5-6-12-28-16-14-27(2)15-17-28)25-18-20-8-3-4-9-21(20)19-29-13-7-11-26-29/h3-4,7-9,11,13H,5-6,10,12,14-19H2,1-2H3,(H2,23,24,25). The molecule has 2 aromatic rings. The first-order valence-electron chi connectivity index (χ1n) is 10.6. The van der Waals surface area contributed by atoms with Crippen molar-refractivity contribution >= 4 is 5.96 Å². The summed E-state index contributed by atoms with van der Waals surface area (Å²) in [5.74, 6) is 0.860. The van der Waals surface area contributed by atoms with Gasteiger partial charge in [-0.3, -0.25) is 9.67 Å². The highest BCUT2D eigenvalue weighted by Crippen LogP contribution is 2.10. The van der Waals surface area contributed by atoms with Crippen LogP contribution in [0.15, 0.2) is 47.7 Å². The molecule has 7 nitrogen and oxygen atoms in total. The number of hydrogen-bond acceptors (Lipinski definition) is 4. The summed E-state index contributed by atoms with van der Waals surface area (Å²) in [6, 6.07) is 10.4. The van der Waals surface area contributed by atoms with Crippen LogP contribution in [0.3, 0.4) is 0 Å². The molecule has 0 unspecified atom stereocenters. The molecule has 0 atom stereocenters. The van der Waals surface area contributed by atoms with E-state index in [9.17, 15) is 0 Å². The van der Waals surface area contributed by atoms with Crippen molar-refractivity contribution in [1.29, 1.82) is 0 Å². The van der Waals surface area contributed by atoms with E-state index in [1.165, 1.54) is 50.3 Å². The summed E-state index contributed by atoms with van der Waals surface area (Å²) in [7, 11) is 4.03. The molecule has 1 saturated heterocycles. The molecule has 2 N–H and O–H groups in total. The molecular formula is C22H35N7. The number of unbranched alkanes of at least 4 members (excludes halogenated alkanes) is 1. The lowest BCUT2D eigenvalue weighted by Gasteiger charge is -2.32. The Morgan fingerprint density at radius 2 is 1.83 bits per heavy atom. The van der Waals surface area contributed by atoms with Crippen molar-refractivity contribution in [2.24, 2.45) is 4.99 Å². The molecule has 158 valence electrons. The maximum absolute atomic E-state index is 4.37. The minimum atomic E-state index is 0.748. The number of hydrogen-bond donors (Lipinski definition) is 2. The molecule has 0 spiro atoms. The van der Waals surface area contributed by atoms with E-state index in [0.717, 1.165) is 32.0 Å². The third kappa shape index (κ3) is 7.18. The van der Waals surface area contributed by atoms with E-state index >= 15 is 0 Å². The van der Waals surface area contributed by atoms with Gasteiger partial charge < -0.3 is 20.4 Å². The van der Waals surface area contributed by atoms with E-state index < -0.39 is 0 Å². The summed E-state index contributed by atoms with van der Waals surface area (Å²) in [4.78, 5) is 9.34. The third-order valence-electron chi connectivity index (χ3n) is 5.47. The fourth-order valence-electron chi connectivity index (χ4n) is 3.59. The molecule has 2 heterocycles. The highest BCUT2D eigenvalue weighted by atomic mass is 15.3. The molecule has 0 amide bonds. The minimum Gasteiger partial charge on any atom is -0.356 e. The van der Waals surface area contributed by atoms with Gasteiger partial charge in [0.2, 0.25) is 0 Å². The Labute approximate surface area is 174 Å². The number of guanidine groups is 1. The molecule has 0 bridgehead atoms. The number of piperazine rings is 1. The summed E-state index contributed by atoms with van der Waals surface area (Å²) in [6.07, 6.45) is 6.19. The van der Waals surface area contributed by atoms with Gasteiger partial charge in [0.25, 0.3) is 0 Å². The van der Waals surface area contributed by atoms with Crippen LogP contribution in [0.25, 0.3) is 0 Å². The number of benzene rings is 1. The normalized spacial score (nSPS) is 16.1. The van der Waals surface area contributed by atoms with E-state index in [1.54, 1.807) is 0 Å². The molecule has 3 rings (SSSR count). The number of rotatable bonds is 9. The molecule has 7 heteroatoms. The topological polar surface area (TPSA) is 60.7 Å². The summed E-state index contributed by atoms with van der Waals surface area (Å²) < 4.78 is 1.95. The van der Waals surface area contributed by atoms with Crippen molar-refractivity contribution in [3.05, 3.63) is 53.9 Å². The van der Waals surface area contributed by atoms with Crippen LogP contribution in [0.5, 0.6) is 0 Å². The van der Waals surface area contributed by atoms with Crippen LogP contribution in [0.4, 0.5) is 0 Å². The molecule has 1 aromatic heterocycles. The minimum absolute atomic E-state index is 0.748. The first-order chi connectivity index (χ1) is 14.2. The van der Waals surface area contributed by atoms with E-state index in [4.69, 9.17) is 0 Å². The van der Waals surface area contributed by atoms with Crippen LogP contribution >= 0.6 is 0 Å². The second-order valence-electron chi connectivity index (χ2n) is 7.68. The maximum Gasteiger partial charge on any atom is 0.191 e. The molecule has 0 radical (unpaired) electrons. The predicted molar refractivity (Wildman–Crippen MR) is 119 cm³/mol. The predicted octanol–water partition coefficient (Wildman–Crippen LogP) is 1.62. The SMILES string of the molecule is CN=C(NCCCCN1CCN(C)CC1)NCc1ccccc1Cn1cccn1. The van der Waals surface area contributed by atoms with Crippen molar-refractivity contribution < 1.29 is 0 Å². The maximum atomic E-state index is 4.37. The zero-order valence-corrected chi connectivity index (χ0v) is 17.8. The van der Waals surface area contributed by atoms with Crippen LogP contribution in [-0.4, -0.2) is 78.9 Å². The molecule has 0 aliphatic carbocycles. The summed E-state index contributed by atoms with van der Waals surface area (Å²) in [6.45, 7) is 8.45. The van der Waals surface area contributed by atoms with Crippen LogP contribution in [0.2, 0.25) is 0 Å². The highest BCUT2D eigenvalue weighted by Gasteiger charge is 2.12. The van der Waals surface area contributed by atoms with Crippen LogP contribution in [0.1, 0.15) is 24.0 Å². The number of nitrogens with zero attached hydrogens (tertiary/aromatic N) is 5. The average molecular weight is 398 g/mol. The lowest BCUT2D eigenvalue weighted by molar-refractivity contribution is 0.152. The van der Waals surface area contributed by atoms with Crippen LogP contribution < -0.4 is 10.6 Å². The number of aromatic nitrogens is 2. The second kappa shape index (κ2) is 11.6. The van der Waals surface area contributed by atoms with Gasteiger partial charge in [0, 0.05) is 58.7 Å². The first kappa shape index (κ1) is 21.3. The van der Waals surface area contributed by atoms with Gasteiger partial charge in [0.05, 0.1) is 6.54 Å². The molecule has 0 saturated carbocycles. The van der Waals surface area contributed by atoms with Crippen molar-refractivity contribution in [2.45, 2.75) is 25.9 Å². The Bertz CT molecular complexity index is 733. The van der Waals surface area contributed by atoms with Gasteiger partial charge in [0.15, 0.2) is 5.96 Å². The molecule has 1 aliphatic heterocycles. The van der Waals surface area contributed by atoms with E-state index in [0.29, 0.717) is 0 Å². The summed E-state index contributed by atoms with van der Waals surface area (Å²) >= 11 is 0. The van der Waals surface area contributed by atoms with Gasteiger partial charge >= 0.3 is 0 Å². The quantitative estimate of drug-likeness (QED) is 0.383. The molecular weight excluding hydrogens is 362 g/mol. The van der Waals surface area contributed by atoms with Crippen LogP contribution in [-0.2, 0) is 13.1 Å². The number of likely N-dealkylation sites (N-methyl/N-ethyl adjacent to an activating group) is 1. The van der Waals surface area contributed by atoms with Crippen molar-refractivity contribution in [3.8, 4) is 0 Å². The molecule has 1 aromatic carbocycles. The number of aliphatic imine (C=N–C) groups is 1. The van der Waals surface area contributed by atoms with Crippen LogP contribution in [0, 0.1) is 0 Å². The lowest BCUT2D eigenvalue weighted by Crippen LogP contribution is -2.44.